The van der Waals surface area contributed by atoms with Gasteiger partial charge in [-0.3, -0.25) is 0 Å². The molecule has 0 saturated heterocycles. The summed E-state index contributed by atoms with van der Waals surface area (Å²) in [6.45, 7) is 13.8. The van der Waals surface area contributed by atoms with Crippen LogP contribution in [0.4, 0.5) is 52.7 Å². The molecular formula is C59H61F12NO3. The number of hydrogen-bond acceptors (Lipinski definition) is 4. The van der Waals surface area contributed by atoms with E-state index in [0.29, 0.717) is 59.4 Å². The highest BCUT2D eigenvalue weighted by atomic mass is 19.4. The van der Waals surface area contributed by atoms with Gasteiger partial charge in [0.05, 0.1) is 36.5 Å². The summed E-state index contributed by atoms with van der Waals surface area (Å²) in [6, 6.07) is 23.6. The van der Waals surface area contributed by atoms with Crippen LogP contribution in [-0.4, -0.2) is 27.4 Å². The minimum atomic E-state index is -5.27. The Morgan fingerprint density at radius 2 is 0.800 bits per heavy atom. The molecule has 0 aliphatic rings. The van der Waals surface area contributed by atoms with Crippen LogP contribution in [0, 0.1) is 0 Å². The van der Waals surface area contributed by atoms with Crippen LogP contribution in [0.2, 0.25) is 0 Å². The summed E-state index contributed by atoms with van der Waals surface area (Å²) in [4.78, 5) is 0. The van der Waals surface area contributed by atoms with Crippen molar-refractivity contribution < 1.29 is 66.9 Å². The predicted molar refractivity (Wildman–Crippen MR) is 269 cm³/mol. The molecule has 0 bridgehead atoms. The Labute approximate surface area is 430 Å². The molecule has 1 atom stereocenters. The molecule has 6 aromatic carbocycles. The predicted octanol–water partition coefficient (Wildman–Crippen LogP) is 17.8. The first-order valence-corrected chi connectivity index (χ1v) is 24.3. The Morgan fingerprint density at radius 3 is 1.09 bits per heavy atom. The zero-order chi connectivity index (χ0) is 55.9. The van der Waals surface area contributed by atoms with Gasteiger partial charge in [0.25, 0.3) is 0 Å². The number of halogens is 12. The summed E-state index contributed by atoms with van der Waals surface area (Å²) in [5.41, 5.74) is -8.18. The van der Waals surface area contributed by atoms with Gasteiger partial charge in [-0.05, 0) is 117 Å². The van der Waals surface area contributed by atoms with Crippen molar-refractivity contribution in [3.63, 3.8) is 0 Å². The Bertz CT molecular complexity index is 2860. The van der Waals surface area contributed by atoms with Gasteiger partial charge < -0.3 is 19.5 Å². The standard InChI is InChI=1S/C59H61F12NO3/c1-12-20-48(55(75-11,36-21-16-14-17-22-36)37-23-18-15-19-24-37)72-33-45-44(32-47(54(6,7)8)52(74-10)50(45)35-27-40(58(66,67)68)30-41(28-35)59(69,70)71)43-31-46(53(3,4)5)51(73-9)49(42(43)13-2)34-25-38(56(60,61)62)29-39(26-34)57(63,64)65/h14-19,21-32,48,72H,12-13,20,33H2,1-11H3/t48-/m1/s1. The van der Waals surface area contributed by atoms with E-state index in [4.69, 9.17) is 14.2 Å². The van der Waals surface area contributed by atoms with Gasteiger partial charge in [-0.15, -0.1) is 0 Å². The maximum Gasteiger partial charge on any atom is 0.416 e. The normalized spacial score (nSPS) is 13.5. The third-order valence-electron chi connectivity index (χ3n) is 13.5. The number of alkyl halides is 12. The van der Waals surface area contributed by atoms with Crippen LogP contribution in [0.1, 0.15) is 124 Å². The fourth-order valence-corrected chi connectivity index (χ4v) is 10.1. The fraction of sp³-hybridized carbons (Fsp3) is 0.390. The van der Waals surface area contributed by atoms with Gasteiger partial charge in [0.2, 0.25) is 0 Å². The largest absolute Gasteiger partial charge is 0.496 e. The molecule has 0 radical (unpaired) electrons. The van der Waals surface area contributed by atoms with Crippen molar-refractivity contribution in [1.29, 1.82) is 0 Å². The molecule has 6 aromatic rings. The van der Waals surface area contributed by atoms with E-state index in [0.717, 1.165) is 0 Å². The minimum Gasteiger partial charge on any atom is -0.496 e. The summed E-state index contributed by atoms with van der Waals surface area (Å²) >= 11 is 0. The van der Waals surface area contributed by atoms with Crippen LogP contribution in [0.25, 0.3) is 33.4 Å². The monoisotopic (exact) mass is 1060 g/mol. The quantitative estimate of drug-likeness (QED) is 0.104. The highest BCUT2D eigenvalue weighted by Gasteiger charge is 2.44. The minimum absolute atomic E-state index is 0.0210. The van der Waals surface area contributed by atoms with Crippen molar-refractivity contribution in [2.45, 2.75) is 128 Å². The van der Waals surface area contributed by atoms with E-state index in [-0.39, 0.29) is 70.0 Å². The topological polar surface area (TPSA) is 39.7 Å². The second-order valence-electron chi connectivity index (χ2n) is 20.6. The van der Waals surface area contributed by atoms with Gasteiger partial charge in [0.15, 0.2) is 0 Å². The Hall–Kier alpha value is -6.00. The first-order valence-electron chi connectivity index (χ1n) is 24.3. The zero-order valence-electron chi connectivity index (χ0n) is 43.6. The lowest BCUT2D eigenvalue weighted by Crippen LogP contribution is -2.50. The fourth-order valence-electron chi connectivity index (χ4n) is 10.1. The van der Waals surface area contributed by atoms with Gasteiger partial charge in [0.1, 0.15) is 17.1 Å². The third kappa shape index (κ3) is 12.0. The van der Waals surface area contributed by atoms with Crippen LogP contribution in [0.3, 0.4) is 0 Å². The van der Waals surface area contributed by atoms with Crippen LogP contribution in [0.5, 0.6) is 11.5 Å². The van der Waals surface area contributed by atoms with E-state index in [2.05, 4.69) is 5.32 Å². The Morgan fingerprint density at radius 1 is 0.453 bits per heavy atom. The lowest BCUT2D eigenvalue weighted by molar-refractivity contribution is -0.144. The zero-order valence-corrected chi connectivity index (χ0v) is 43.6. The van der Waals surface area contributed by atoms with Crippen molar-refractivity contribution in [2.75, 3.05) is 21.3 Å². The Kier molecular flexibility index (Phi) is 16.7. The first-order chi connectivity index (χ1) is 34.8. The summed E-state index contributed by atoms with van der Waals surface area (Å²) in [5.74, 6) is -0.103. The van der Waals surface area contributed by atoms with Gasteiger partial charge in [-0.25, -0.2) is 0 Å². The molecule has 404 valence electrons. The van der Waals surface area contributed by atoms with Crippen molar-refractivity contribution in [2.24, 2.45) is 0 Å². The molecule has 0 saturated carbocycles. The van der Waals surface area contributed by atoms with E-state index in [1.807, 2.05) is 67.6 Å². The van der Waals surface area contributed by atoms with Crippen molar-refractivity contribution >= 4 is 0 Å². The molecule has 4 nitrogen and oxygen atoms in total. The molecular weight excluding hydrogens is 999 g/mol. The first kappa shape index (κ1) is 58.3. The Balaban J connectivity index is 1.90. The summed E-state index contributed by atoms with van der Waals surface area (Å²) in [6.07, 6.45) is -20.2. The highest BCUT2D eigenvalue weighted by molar-refractivity contribution is 5.91. The lowest BCUT2D eigenvalue weighted by atomic mass is 9.75. The molecule has 6 rings (SSSR count). The third-order valence-corrected chi connectivity index (χ3v) is 13.5. The van der Waals surface area contributed by atoms with Crippen molar-refractivity contribution in [3.8, 4) is 44.9 Å². The average molecular weight is 1060 g/mol. The molecule has 16 heteroatoms. The number of methoxy groups -OCH3 is 3. The molecule has 0 aliphatic heterocycles. The van der Waals surface area contributed by atoms with Crippen LogP contribution >= 0.6 is 0 Å². The van der Waals surface area contributed by atoms with Gasteiger partial charge >= 0.3 is 24.7 Å². The van der Waals surface area contributed by atoms with Gasteiger partial charge in [-0.2, -0.15) is 52.7 Å². The van der Waals surface area contributed by atoms with E-state index < -0.39 is 80.6 Å². The summed E-state index contributed by atoms with van der Waals surface area (Å²) in [5, 5.41) is 3.64. The second-order valence-corrected chi connectivity index (χ2v) is 20.6. The molecule has 0 aromatic heterocycles. The molecule has 75 heavy (non-hydrogen) atoms. The van der Waals surface area contributed by atoms with E-state index in [1.165, 1.54) is 21.3 Å². The van der Waals surface area contributed by atoms with Crippen LogP contribution in [0.15, 0.2) is 109 Å². The molecule has 0 amide bonds. The smallest absolute Gasteiger partial charge is 0.416 e. The number of rotatable bonds is 15. The van der Waals surface area contributed by atoms with Crippen LogP contribution < -0.4 is 14.8 Å². The lowest BCUT2D eigenvalue weighted by Gasteiger charge is -2.42. The number of nitrogens with one attached hydrogen (secondary N) is 1. The average Bonchev–Trinajstić information content (AvgIpc) is 3.33. The second kappa shape index (κ2) is 21.6. The summed E-state index contributed by atoms with van der Waals surface area (Å²) < 4.78 is 196. The molecule has 0 aliphatic carbocycles. The molecule has 0 heterocycles. The number of hydrogen-bond donors (Lipinski definition) is 1. The number of benzene rings is 6. The maximum atomic E-state index is 14.9. The van der Waals surface area contributed by atoms with E-state index in [1.54, 1.807) is 60.6 Å². The molecule has 0 unspecified atom stereocenters. The van der Waals surface area contributed by atoms with Gasteiger partial charge in [-0.1, -0.05) is 122 Å². The van der Waals surface area contributed by atoms with E-state index in [9.17, 15) is 52.7 Å². The van der Waals surface area contributed by atoms with E-state index >= 15 is 0 Å². The molecule has 0 fully saturated rings. The SMILES string of the molecule is CCC[C@@H](NCc1c(-c2cc(C(C)(C)C)c(OC)c(-c3cc(C(F)(F)F)cc(C(F)(F)F)c3)c2CC)cc(C(C)(C)C)c(OC)c1-c1cc(C(F)(F)F)cc(C(F)(F)F)c1)C(OC)(c1ccccc1)c1ccccc1. The number of ether oxygens (including phenoxy) is 3. The summed E-state index contributed by atoms with van der Waals surface area (Å²) in [7, 11) is 4.02. The molecule has 1 N–H and O–H groups in total. The highest BCUT2D eigenvalue weighted by Crippen LogP contribution is 2.53. The van der Waals surface area contributed by atoms with Crippen molar-refractivity contribution in [1.82, 2.24) is 5.32 Å². The van der Waals surface area contributed by atoms with Gasteiger partial charge in [0, 0.05) is 42.0 Å². The van der Waals surface area contributed by atoms with Crippen LogP contribution in [-0.2, 0) is 58.8 Å². The maximum absolute atomic E-state index is 14.9. The molecule has 0 spiro atoms. The van der Waals surface area contributed by atoms with Crippen molar-refractivity contribution in [3.05, 3.63) is 165 Å².